The SMILES string of the molecule is CC1=C(Cl)C(Cl)=C(Cl)C(C)(Cl)C1C. The maximum absolute atomic E-state index is 6.26. The number of alkyl halides is 1. The molecule has 0 saturated heterocycles. The maximum Gasteiger partial charge on any atom is 0.0851 e. The van der Waals surface area contributed by atoms with Gasteiger partial charge in [-0.25, -0.2) is 0 Å². The van der Waals surface area contributed by atoms with Crippen LogP contribution in [0.1, 0.15) is 20.8 Å². The van der Waals surface area contributed by atoms with Gasteiger partial charge in [-0.1, -0.05) is 41.7 Å². The average molecular weight is 260 g/mol. The molecule has 1 aliphatic rings. The Morgan fingerprint density at radius 1 is 1.15 bits per heavy atom. The Morgan fingerprint density at radius 3 is 2.08 bits per heavy atom. The van der Waals surface area contributed by atoms with Crippen molar-refractivity contribution < 1.29 is 0 Å². The molecule has 13 heavy (non-hydrogen) atoms. The minimum atomic E-state index is -0.638. The molecule has 0 amide bonds. The molecule has 2 unspecified atom stereocenters. The van der Waals surface area contributed by atoms with Gasteiger partial charge in [0.15, 0.2) is 0 Å². The molecule has 74 valence electrons. The van der Waals surface area contributed by atoms with Crippen LogP contribution in [0.5, 0.6) is 0 Å². The molecule has 1 aliphatic carbocycles. The molecule has 0 aliphatic heterocycles. The molecule has 0 saturated carbocycles. The van der Waals surface area contributed by atoms with Crippen LogP contribution in [-0.2, 0) is 0 Å². The molecular weight excluding hydrogens is 250 g/mol. The van der Waals surface area contributed by atoms with Crippen LogP contribution in [-0.4, -0.2) is 4.87 Å². The summed E-state index contributed by atoms with van der Waals surface area (Å²) in [4.78, 5) is -0.638. The summed E-state index contributed by atoms with van der Waals surface area (Å²) in [5, 5.41) is 1.33. The molecule has 4 heteroatoms. The first-order valence-corrected chi connectivity index (χ1v) is 5.42. The minimum Gasteiger partial charge on any atom is -0.113 e. The molecule has 0 nitrogen and oxygen atoms in total. The van der Waals surface area contributed by atoms with Gasteiger partial charge in [0.2, 0.25) is 0 Å². The van der Waals surface area contributed by atoms with Crippen LogP contribution in [0.2, 0.25) is 0 Å². The average Bonchev–Trinajstić information content (AvgIpc) is 2.09. The van der Waals surface area contributed by atoms with Crippen LogP contribution in [0.25, 0.3) is 0 Å². The van der Waals surface area contributed by atoms with Gasteiger partial charge in [0.1, 0.15) is 0 Å². The predicted octanol–water partition coefficient (Wildman–Crippen LogP) is 4.84. The lowest BCUT2D eigenvalue weighted by Gasteiger charge is -2.34. The topological polar surface area (TPSA) is 0 Å². The van der Waals surface area contributed by atoms with Crippen molar-refractivity contribution >= 4 is 46.4 Å². The Bertz CT molecular complexity index is 299. The predicted molar refractivity (Wildman–Crippen MR) is 60.7 cm³/mol. The van der Waals surface area contributed by atoms with Gasteiger partial charge in [0.05, 0.1) is 20.0 Å². The quantitative estimate of drug-likeness (QED) is 0.547. The zero-order chi connectivity index (χ0) is 10.4. The third kappa shape index (κ3) is 1.74. The lowest BCUT2D eigenvalue weighted by molar-refractivity contribution is 0.546. The Labute approximate surface area is 98.5 Å². The van der Waals surface area contributed by atoms with E-state index in [1.54, 1.807) is 0 Å². The first kappa shape index (κ1) is 11.7. The Balaban J connectivity index is 3.32. The summed E-state index contributed by atoms with van der Waals surface area (Å²) in [5.41, 5.74) is 0.980. The van der Waals surface area contributed by atoms with Crippen molar-refractivity contribution in [3.63, 3.8) is 0 Å². The van der Waals surface area contributed by atoms with E-state index in [4.69, 9.17) is 46.4 Å². The molecule has 0 N–H and O–H groups in total. The molecule has 0 fully saturated rings. The Morgan fingerprint density at radius 2 is 1.62 bits per heavy atom. The van der Waals surface area contributed by atoms with Crippen molar-refractivity contribution in [3.05, 3.63) is 20.7 Å². The summed E-state index contributed by atoms with van der Waals surface area (Å²) in [6.45, 7) is 5.74. The summed E-state index contributed by atoms with van der Waals surface area (Å²) < 4.78 is 0. The smallest absolute Gasteiger partial charge is 0.0851 e. The van der Waals surface area contributed by atoms with Crippen LogP contribution in [0, 0.1) is 5.92 Å². The van der Waals surface area contributed by atoms with E-state index in [0.29, 0.717) is 15.1 Å². The van der Waals surface area contributed by atoms with Gasteiger partial charge in [-0.2, -0.15) is 0 Å². The van der Waals surface area contributed by atoms with Crippen LogP contribution in [0.15, 0.2) is 20.7 Å². The van der Waals surface area contributed by atoms with E-state index in [1.165, 1.54) is 0 Å². The largest absolute Gasteiger partial charge is 0.113 e. The summed E-state index contributed by atoms with van der Waals surface area (Å²) in [6, 6.07) is 0. The van der Waals surface area contributed by atoms with E-state index < -0.39 is 4.87 Å². The highest BCUT2D eigenvalue weighted by molar-refractivity contribution is 6.51. The van der Waals surface area contributed by atoms with Gasteiger partial charge < -0.3 is 0 Å². The second-order valence-electron chi connectivity index (χ2n) is 3.42. The summed E-state index contributed by atoms with van der Waals surface area (Å²) in [5.74, 6) is 0.0941. The van der Waals surface area contributed by atoms with E-state index in [9.17, 15) is 0 Å². The second-order valence-corrected chi connectivity index (χ2v) is 5.34. The van der Waals surface area contributed by atoms with Crippen LogP contribution < -0.4 is 0 Å². The molecule has 0 spiro atoms. The van der Waals surface area contributed by atoms with Gasteiger partial charge in [0, 0.05) is 5.92 Å². The fraction of sp³-hybridized carbons (Fsp3) is 0.556. The fourth-order valence-electron chi connectivity index (χ4n) is 1.27. The van der Waals surface area contributed by atoms with E-state index in [1.807, 2.05) is 20.8 Å². The summed E-state index contributed by atoms with van der Waals surface area (Å²) in [7, 11) is 0. The first-order chi connectivity index (χ1) is 5.80. The molecular formula is C9H10Cl4. The number of halogens is 4. The standard InChI is InChI=1S/C9H10Cl4/c1-4-5(2)9(3,13)8(12)7(11)6(4)10/h5H,1-3H3. The lowest BCUT2D eigenvalue weighted by Crippen LogP contribution is -2.31. The van der Waals surface area contributed by atoms with Crippen LogP contribution in [0.3, 0.4) is 0 Å². The van der Waals surface area contributed by atoms with E-state index in [0.717, 1.165) is 5.57 Å². The van der Waals surface area contributed by atoms with Gasteiger partial charge in [-0.05, 0) is 19.4 Å². The van der Waals surface area contributed by atoms with Crippen LogP contribution in [0.4, 0.5) is 0 Å². The number of hydrogen-bond donors (Lipinski definition) is 0. The Hall–Kier alpha value is 0.640. The molecule has 0 aromatic heterocycles. The zero-order valence-corrected chi connectivity index (χ0v) is 10.6. The molecule has 0 aromatic carbocycles. The van der Waals surface area contributed by atoms with Crippen molar-refractivity contribution in [2.45, 2.75) is 25.6 Å². The molecule has 0 radical (unpaired) electrons. The first-order valence-electron chi connectivity index (χ1n) is 3.91. The molecule has 1 rings (SSSR count). The van der Waals surface area contributed by atoms with Crippen molar-refractivity contribution in [1.29, 1.82) is 0 Å². The third-order valence-electron chi connectivity index (χ3n) is 2.62. The molecule has 2 atom stereocenters. The van der Waals surface area contributed by atoms with Crippen LogP contribution >= 0.6 is 46.4 Å². The van der Waals surface area contributed by atoms with Gasteiger partial charge in [-0.15, -0.1) is 11.6 Å². The zero-order valence-electron chi connectivity index (χ0n) is 7.59. The van der Waals surface area contributed by atoms with Gasteiger partial charge >= 0.3 is 0 Å². The van der Waals surface area contributed by atoms with E-state index >= 15 is 0 Å². The minimum absolute atomic E-state index is 0.0941. The molecule has 0 aromatic rings. The maximum atomic E-state index is 6.26. The highest BCUT2D eigenvalue weighted by atomic mass is 35.5. The van der Waals surface area contributed by atoms with Crippen molar-refractivity contribution in [2.24, 2.45) is 5.92 Å². The van der Waals surface area contributed by atoms with Crippen molar-refractivity contribution in [1.82, 2.24) is 0 Å². The van der Waals surface area contributed by atoms with Crippen molar-refractivity contribution in [3.8, 4) is 0 Å². The second kappa shape index (κ2) is 3.66. The normalized spacial score (nSPS) is 35.8. The van der Waals surface area contributed by atoms with Crippen molar-refractivity contribution in [2.75, 3.05) is 0 Å². The fourth-order valence-corrected chi connectivity index (χ4v) is 2.49. The highest BCUT2D eigenvalue weighted by Gasteiger charge is 2.39. The monoisotopic (exact) mass is 258 g/mol. The van der Waals surface area contributed by atoms with E-state index in [2.05, 4.69) is 0 Å². The number of rotatable bonds is 0. The highest BCUT2D eigenvalue weighted by Crippen LogP contribution is 2.49. The number of allylic oxidation sites excluding steroid dienone is 4. The Kier molecular flexibility index (Phi) is 3.30. The van der Waals surface area contributed by atoms with Gasteiger partial charge in [0.25, 0.3) is 0 Å². The van der Waals surface area contributed by atoms with E-state index in [-0.39, 0.29) is 5.92 Å². The molecule has 0 bridgehead atoms. The summed E-state index contributed by atoms with van der Waals surface area (Å²) in [6.07, 6.45) is 0. The summed E-state index contributed by atoms with van der Waals surface area (Å²) >= 11 is 24.2. The van der Waals surface area contributed by atoms with Gasteiger partial charge in [-0.3, -0.25) is 0 Å². The lowest BCUT2D eigenvalue weighted by atomic mass is 9.84. The number of hydrogen-bond acceptors (Lipinski definition) is 0. The molecule has 0 heterocycles. The third-order valence-corrected chi connectivity index (χ3v) is 4.88.